The van der Waals surface area contributed by atoms with Crippen molar-refractivity contribution in [2.75, 3.05) is 12.3 Å². The van der Waals surface area contributed by atoms with Gasteiger partial charge in [0.2, 0.25) is 5.91 Å². The molecular weight excluding hydrogens is 280 g/mol. The Hall–Kier alpha value is -0.740. The molecule has 1 amide bonds. The second kappa shape index (κ2) is 7.75. The van der Waals surface area contributed by atoms with Gasteiger partial charge in [0.05, 0.1) is 10.8 Å². The molecule has 0 radical (unpaired) electrons. The van der Waals surface area contributed by atoms with Gasteiger partial charge in [0.1, 0.15) is 5.03 Å². The quantitative estimate of drug-likeness (QED) is 0.846. The minimum absolute atomic E-state index is 0.0669. The van der Waals surface area contributed by atoms with E-state index in [2.05, 4.69) is 10.3 Å². The molecule has 0 unspecified atom stereocenters. The van der Waals surface area contributed by atoms with E-state index in [0.717, 1.165) is 11.6 Å². The number of rotatable bonds is 5. The van der Waals surface area contributed by atoms with Crippen LogP contribution in [0.5, 0.6) is 0 Å². The summed E-state index contributed by atoms with van der Waals surface area (Å²) in [6, 6.07) is 3.58. The fraction of sp³-hybridized carbons (Fsp3) is 0.571. The van der Waals surface area contributed by atoms with Crippen LogP contribution in [-0.2, 0) is 4.79 Å². The summed E-state index contributed by atoms with van der Waals surface area (Å²) in [7, 11) is 0. The molecule has 2 rings (SSSR count). The molecule has 5 heteroatoms. The third-order valence-corrected chi connectivity index (χ3v) is 4.80. The summed E-state index contributed by atoms with van der Waals surface area (Å²) in [5, 5.41) is 4.34. The molecule has 0 aliphatic heterocycles. The van der Waals surface area contributed by atoms with E-state index >= 15 is 0 Å². The molecule has 0 aromatic carbocycles. The number of thioether (sulfide) groups is 1. The molecule has 3 nitrogen and oxygen atoms in total. The van der Waals surface area contributed by atoms with E-state index in [1.165, 1.54) is 43.9 Å². The van der Waals surface area contributed by atoms with Crippen molar-refractivity contribution in [3.05, 3.63) is 23.4 Å². The molecule has 1 aliphatic carbocycles. The molecule has 0 saturated heterocycles. The maximum atomic E-state index is 11.8. The maximum Gasteiger partial charge on any atom is 0.230 e. The van der Waals surface area contributed by atoms with Crippen LogP contribution in [0.2, 0.25) is 5.02 Å². The number of aromatic nitrogens is 1. The van der Waals surface area contributed by atoms with E-state index in [1.807, 2.05) is 0 Å². The van der Waals surface area contributed by atoms with Crippen LogP contribution in [0.1, 0.15) is 32.1 Å². The smallest absolute Gasteiger partial charge is 0.230 e. The average molecular weight is 299 g/mol. The lowest BCUT2D eigenvalue weighted by molar-refractivity contribution is -0.118. The molecular formula is C14H19ClN2OS. The highest BCUT2D eigenvalue weighted by molar-refractivity contribution is 8.00. The zero-order valence-electron chi connectivity index (χ0n) is 10.9. The number of amides is 1. The van der Waals surface area contributed by atoms with Crippen LogP contribution in [0.3, 0.4) is 0 Å². The molecule has 0 bridgehead atoms. The summed E-state index contributed by atoms with van der Waals surface area (Å²) in [5.41, 5.74) is 0. The van der Waals surface area contributed by atoms with Crippen LogP contribution in [0.4, 0.5) is 0 Å². The summed E-state index contributed by atoms with van der Waals surface area (Å²) in [6.45, 7) is 0.815. The van der Waals surface area contributed by atoms with Crippen molar-refractivity contribution < 1.29 is 4.79 Å². The molecule has 0 atom stereocenters. The van der Waals surface area contributed by atoms with Gasteiger partial charge in [-0.2, -0.15) is 0 Å². The summed E-state index contributed by atoms with van der Waals surface area (Å²) < 4.78 is 0. The van der Waals surface area contributed by atoms with Crippen molar-refractivity contribution >= 4 is 29.3 Å². The molecule has 1 fully saturated rings. The van der Waals surface area contributed by atoms with Crippen molar-refractivity contribution in [3.8, 4) is 0 Å². The number of hydrogen-bond donors (Lipinski definition) is 1. The van der Waals surface area contributed by atoms with Crippen molar-refractivity contribution in [2.24, 2.45) is 5.92 Å². The Bertz CT molecular complexity index is 422. The maximum absolute atomic E-state index is 11.8. The van der Waals surface area contributed by atoms with Crippen molar-refractivity contribution in [3.63, 3.8) is 0 Å². The van der Waals surface area contributed by atoms with Gasteiger partial charge in [-0.1, -0.05) is 42.6 Å². The lowest BCUT2D eigenvalue weighted by Crippen LogP contribution is -2.31. The van der Waals surface area contributed by atoms with Crippen LogP contribution in [0.25, 0.3) is 0 Å². The minimum atomic E-state index is 0.0669. The first kappa shape index (κ1) is 14.7. The number of halogens is 1. The first-order chi connectivity index (χ1) is 9.25. The zero-order chi connectivity index (χ0) is 13.5. The molecule has 1 heterocycles. The van der Waals surface area contributed by atoms with Gasteiger partial charge in [-0.05, 0) is 30.9 Å². The van der Waals surface area contributed by atoms with Crippen LogP contribution in [-0.4, -0.2) is 23.2 Å². The topological polar surface area (TPSA) is 42.0 Å². The number of nitrogens with one attached hydrogen (secondary N) is 1. The largest absolute Gasteiger partial charge is 0.355 e. The molecule has 104 valence electrons. The lowest BCUT2D eigenvalue weighted by Gasteiger charge is -2.21. The first-order valence-electron chi connectivity index (χ1n) is 6.75. The number of nitrogens with zero attached hydrogens (tertiary/aromatic N) is 1. The predicted molar refractivity (Wildman–Crippen MR) is 79.6 cm³/mol. The van der Waals surface area contributed by atoms with Crippen LogP contribution in [0, 0.1) is 5.92 Å². The van der Waals surface area contributed by atoms with Gasteiger partial charge in [-0.25, -0.2) is 4.98 Å². The Morgan fingerprint density at radius 3 is 2.95 bits per heavy atom. The average Bonchev–Trinajstić information content (AvgIpc) is 2.45. The van der Waals surface area contributed by atoms with Crippen molar-refractivity contribution in [1.82, 2.24) is 10.3 Å². The summed E-state index contributed by atoms with van der Waals surface area (Å²) in [6.07, 6.45) is 8.14. The van der Waals surface area contributed by atoms with E-state index in [0.29, 0.717) is 16.7 Å². The van der Waals surface area contributed by atoms with Crippen molar-refractivity contribution in [2.45, 2.75) is 37.1 Å². The van der Waals surface area contributed by atoms with Crippen molar-refractivity contribution in [1.29, 1.82) is 0 Å². The highest BCUT2D eigenvalue weighted by atomic mass is 35.5. The van der Waals surface area contributed by atoms with E-state index in [1.54, 1.807) is 18.3 Å². The number of carbonyl (C=O) groups excluding carboxylic acids is 1. The van der Waals surface area contributed by atoms with Gasteiger partial charge in [-0.3, -0.25) is 4.79 Å². The third kappa shape index (κ3) is 5.03. The molecule has 1 saturated carbocycles. The predicted octanol–water partition coefficient (Wildman–Crippen LogP) is 3.52. The molecule has 1 aliphatic rings. The standard InChI is InChI=1S/C14H19ClN2OS/c15-12-7-4-8-16-14(12)19-10-13(18)17-9-11-5-2-1-3-6-11/h4,7-8,11H,1-3,5-6,9-10H2,(H,17,18). The van der Waals surface area contributed by atoms with E-state index in [4.69, 9.17) is 11.6 Å². The Morgan fingerprint density at radius 1 is 1.42 bits per heavy atom. The van der Waals surface area contributed by atoms with Crippen LogP contribution >= 0.6 is 23.4 Å². The second-order valence-corrected chi connectivity index (χ2v) is 6.26. The van der Waals surface area contributed by atoms with Gasteiger partial charge in [-0.15, -0.1) is 0 Å². The number of pyridine rings is 1. The van der Waals surface area contributed by atoms with E-state index in [-0.39, 0.29) is 5.91 Å². The lowest BCUT2D eigenvalue weighted by atomic mass is 9.89. The monoisotopic (exact) mass is 298 g/mol. The van der Waals surface area contributed by atoms with E-state index in [9.17, 15) is 4.79 Å². The van der Waals surface area contributed by atoms with Crippen LogP contribution in [0.15, 0.2) is 23.4 Å². The summed E-state index contributed by atoms with van der Waals surface area (Å²) in [5.74, 6) is 1.11. The summed E-state index contributed by atoms with van der Waals surface area (Å²) >= 11 is 7.38. The first-order valence-corrected chi connectivity index (χ1v) is 8.12. The fourth-order valence-electron chi connectivity index (χ4n) is 2.31. The van der Waals surface area contributed by atoms with Gasteiger partial charge in [0.15, 0.2) is 0 Å². The van der Waals surface area contributed by atoms with E-state index < -0.39 is 0 Å². The second-order valence-electron chi connectivity index (χ2n) is 4.89. The molecule has 1 aromatic rings. The third-order valence-electron chi connectivity index (χ3n) is 3.38. The zero-order valence-corrected chi connectivity index (χ0v) is 12.5. The molecule has 1 aromatic heterocycles. The normalized spacial score (nSPS) is 16.3. The van der Waals surface area contributed by atoms with Crippen LogP contribution < -0.4 is 5.32 Å². The highest BCUT2D eigenvalue weighted by Crippen LogP contribution is 2.24. The number of carbonyl (C=O) groups is 1. The Labute approximate surface area is 123 Å². The molecule has 0 spiro atoms. The Morgan fingerprint density at radius 2 is 2.21 bits per heavy atom. The minimum Gasteiger partial charge on any atom is -0.355 e. The van der Waals surface area contributed by atoms with Gasteiger partial charge >= 0.3 is 0 Å². The highest BCUT2D eigenvalue weighted by Gasteiger charge is 2.14. The Kier molecular flexibility index (Phi) is 5.98. The molecule has 1 N–H and O–H groups in total. The van der Waals surface area contributed by atoms with Gasteiger partial charge in [0.25, 0.3) is 0 Å². The Balaban J connectivity index is 1.68. The van der Waals surface area contributed by atoms with Gasteiger partial charge in [0, 0.05) is 12.7 Å². The molecule has 19 heavy (non-hydrogen) atoms. The SMILES string of the molecule is O=C(CSc1ncccc1Cl)NCC1CCCCC1. The number of hydrogen-bond acceptors (Lipinski definition) is 3. The van der Waals surface area contributed by atoms with Gasteiger partial charge < -0.3 is 5.32 Å². The fourth-order valence-corrected chi connectivity index (χ4v) is 3.31. The summed E-state index contributed by atoms with van der Waals surface area (Å²) in [4.78, 5) is 15.9.